The van der Waals surface area contributed by atoms with Gasteiger partial charge in [-0.15, -0.1) is 0 Å². The third-order valence-electron chi connectivity index (χ3n) is 5.09. The van der Waals surface area contributed by atoms with E-state index < -0.39 is 0 Å². The molecule has 1 fully saturated rings. The van der Waals surface area contributed by atoms with E-state index in [0.29, 0.717) is 16.3 Å². The lowest BCUT2D eigenvalue weighted by atomic mass is 9.91. The normalized spacial score (nSPS) is 18.2. The van der Waals surface area contributed by atoms with Crippen LogP contribution in [0.4, 0.5) is 5.95 Å². The molecule has 1 aliphatic heterocycles. The van der Waals surface area contributed by atoms with Crippen LogP contribution in [-0.4, -0.2) is 54.4 Å². The standard InChI is InChI=1S/C18H25N5O2/c24-23-17-13-15-5-2-1-4-14(15)12-16(17)20-18(21-23)19-6-3-7-22-8-10-25-11-9-22/h12-13H,1-11H2,(H,19,20,21). The SMILES string of the molecule is [O-][n+]1nc(NCCCN2CCOCC2)nc2cc3c(cc21)CCCC3. The Kier molecular flexibility index (Phi) is 4.94. The molecule has 0 unspecified atom stereocenters. The number of aromatic nitrogens is 3. The van der Waals surface area contributed by atoms with Crippen molar-refractivity contribution in [2.45, 2.75) is 32.1 Å². The molecule has 0 amide bonds. The van der Waals surface area contributed by atoms with Crippen LogP contribution in [0.5, 0.6) is 0 Å². The molecule has 0 radical (unpaired) electrons. The predicted octanol–water partition coefficient (Wildman–Crippen LogP) is 1.28. The van der Waals surface area contributed by atoms with E-state index in [4.69, 9.17) is 4.74 Å². The molecule has 2 heterocycles. The number of ether oxygens (including phenoxy) is 1. The molecule has 0 atom stereocenters. The summed E-state index contributed by atoms with van der Waals surface area (Å²) in [4.78, 5) is 7.66. The minimum Gasteiger partial charge on any atom is -0.594 e. The fourth-order valence-corrected chi connectivity index (χ4v) is 3.68. The highest BCUT2D eigenvalue weighted by Crippen LogP contribution is 2.24. The number of hydrogen-bond donors (Lipinski definition) is 1. The zero-order chi connectivity index (χ0) is 17.1. The van der Waals surface area contributed by atoms with Crippen LogP contribution in [0.15, 0.2) is 12.1 Å². The second-order valence-corrected chi connectivity index (χ2v) is 6.86. The average Bonchev–Trinajstić information content (AvgIpc) is 2.65. The van der Waals surface area contributed by atoms with Gasteiger partial charge in [-0.3, -0.25) is 4.90 Å². The Balaban J connectivity index is 1.41. The van der Waals surface area contributed by atoms with Crippen LogP contribution in [0.3, 0.4) is 0 Å². The number of benzene rings is 1. The summed E-state index contributed by atoms with van der Waals surface area (Å²) in [5.74, 6) is 0.417. The van der Waals surface area contributed by atoms with Crippen molar-refractivity contribution in [1.82, 2.24) is 15.0 Å². The van der Waals surface area contributed by atoms with Crippen molar-refractivity contribution in [2.24, 2.45) is 0 Å². The van der Waals surface area contributed by atoms with Gasteiger partial charge in [0.1, 0.15) is 5.52 Å². The highest BCUT2D eigenvalue weighted by Gasteiger charge is 2.17. The van der Waals surface area contributed by atoms with Crippen molar-refractivity contribution < 1.29 is 9.58 Å². The van der Waals surface area contributed by atoms with Gasteiger partial charge in [0.25, 0.3) is 11.5 Å². The topological polar surface area (TPSA) is 77.2 Å². The molecule has 1 aliphatic carbocycles. The minimum absolute atomic E-state index is 0.417. The highest BCUT2D eigenvalue weighted by atomic mass is 16.5. The van der Waals surface area contributed by atoms with Crippen molar-refractivity contribution >= 4 is 17.0 Å². The van der Waals surface area contributed by atoms with Crippen molar-refractivity contribution in [1.29, 1.82) is 0 Å². The predicted molar refractivity (Wildman–Crippen MR) is 95.5 cm³/mol. The molecule has 4 rings (SSSR count). The third kappa shape index (κ3) is 3.82. The van der Waals surface area contributed by atoms with Gasteiger partial charge in [-0.1, -0.05) is 0 Å². The van der Waals surface area contributed by atoms with Gasteiger partial charge in [0.05, 0.1) is 18.3 Å². The minimum atomic E-state index is 0.417. The molecular weight excluding hydrogens is 318 g/mol. The number of hydrogen-bond acceptors (Lipinski definition) is 6. The molecule has 134 valence electrons. The van der Waals surface area contributed by atoms with E-state index >= 15 is 0 Å². The maximum atomic E-state index is 12.3. The molecule has 1 saturated heterocycles. The van der Waals surface area contributed by atoms with Gasteiger partial charge in [0, 0.05) is 25.7 Å². The lowest BCUT2D eigenvalue weighted by molar-refractivity contribution is -0.641. The summed E-state index contributed by atoms with van der Waals surface area (Å²) in [7, 11) is 0. The Labute approximate surface area is 147 Å². The van der Waals surface area contributed by atoms with Gasteiger partial charge in [-0.25, -0.2) is 4.98 Å². The highest BCUT2D eigenvalue weighted by molar-refractivity contribution is 5.74. The van der Waals surface area contributed by atoms with E-state index in [2.05, 4.69) is 26.4 Å². The lowest BCUT2D eigenvalue weighted by Crippen LogP contribution is -2.37. The van der Waals surface area contributed by atoms with Crippen LogP contribution in [0, 0.1) is 5.21 Å². The van der Waals surface area contributed by atoms with Gasteiger partial charge < -0.3 is 15.3 Å². The van der Waals surface area contributed by atoms with Gasteiger partial charge in [-0.2, -0.15) is 0 Å². The van der Waals surface area contributed by atoms with Crippen molar-refractivity contribution in [2.75, 3.05) is 44.7 Å². The summed E-state index contributed by atoms with van der Waals surface area (Å²) >= 11 is 0. The molecule has 0 spiro atoms. The Morgan fingerprint density at radius 3 is 2.72 bits per heavy atom. The number of fused-ring (bicyclic) bond motifs is 2. The van der Waals surface area contributed by atoms with Crippen LogP contribution in [0.1, 0.15) is 30.4 Å². The maximum absolute atomic E-state index is 12.3. The number of anilines is 1. The molecule has 1 N–H and O–H groups in total. The first kappa shape index (κ1) is 16.5. The quantitative estimate of drug-likeness (QED) is 0.501. The molecule has 0 bridgehead atoms. The van der Waals surface area contributed by atoms with Crippen molar-refractivity contribution in [3.8, 4) is 0 Å². The Morgan fingerprint density at radius 1 is 1.16 bits per heavy atom. The summed E-state index contributed by atoms with van der Waals surface area (Å²) in [5, 5.41) is 19.5. The Hall–Kier alpha value is -1.99. The van der Waals surface area contributed by atoms with Crippen LogP contribution >= 0.6 is 0 Å². The maximum Gasteiger partial charge on any atom is 0.290 e. The fraction of sp³-hybridized carbons (Fsp3) is 0.611. The van der Waals surface area contributed by atoms with E-state index in [1.807, 2.05) is 6.07 Å². The summed E-state index contributed by atoms with van der Waals surface area (Å²) < 4.78 is 5.35. The lowest BCUT2D eigenvalue weighted by Gasteiger charge is -2.26. The second kappa shape index (κ2) is 7.49. The van der Waals surface area contributed by atoms with Crippen LogP contribution in [0.25, 0.3) is 11.0 Å². The number of aryl methyl sites for hydroxylation is 2. The molecule has 1 aromatic heterocycles. The number of nitrogens with one attached hydrogen (secondary N) is 1. The number of rotatable bonds is 5. The molecule has 1 aromatic carbocycles. The van der Waals surface area contributed by atoms with Crippen LogP contribution in [-0.2, 0) is 17.6 Å². The van der Waals surface area contributed by atoms with Gasteiger partial charge in [0.2, 0.25) is 0 Å². The van der Waals surface area contributed by atoms with Crippen LogP contribution < -0.4 is 10.2 Å². The summed E-state index contributed by atoms with van der Waals surface area (Å²) in [6.07, 6.45) is 5.53. The van der Waals surface area contributed by atoms with Gasteiger partial charge >= 0.3 is 0 Å². The van der Waals surface area contributed by atoms with Crippen LogP contribution in [0.2, 0.25) is 0 Å². The first-order valence-corrected chi connectivity index (χ1v) is 9.27. The largest absolute Gasteiger partial charge is 0.594 e. The molecule has 7 heteroatoms. The molecule has 2 aromatic rings. The first-order valence-electron chi connectivity index (χ1n) is 9.27. The average molecular weight is 343 g/mol. The smallest absolute Gasteiger partial charge is 0.290 e. The van der Waals surface area contributed by atoms with Crippen molar-refractivity contribution in [3.05, 3.63) is 28.5 Å². The number of morpholine rings is 1. The van der Waals surface area contributed by atoms with Gasteiger partial charge in [-0.05, 0) is 60.7 Å². The molecule has 2 aliphatic rings. The zero-order valence-corrected chi connectivity index (χ0v) is 14.5. The summed E-state index contributed by atoms with van der Waals surface area (Å²) in [6, 6.07) is 4.04. The molecule has 7 nitrogen and oxygen atoms in total. The van der Waals surface area contributed by atoms with E-state index in [9.17, 15) is 5.21 Å². The van der Waals surface area contributed by atoms with E-state index in [-0.39, 0.29) is 0 Å². The summed E-state index contributed by atoms with van der Waals surface area (Å²) in [6.45, 7) is 5.42. The molecule has 0 saturated carbocycles. The molecular formula is C18H25N5O2. The second-order valence-electron chi connectivity index (χ2n) is 6.86. The number of nitrogens with zero attached hydrogens (tertiary/aromatic N) is 4. The Morgan fingerprint density at radius 2 is 1.92 bits per heavy atom. The summed E-state index contributed by atoms with van der Waals surface area (Å²) in [5.41, 5.74) is 3.91. The monoisotopic (exact) mass is 343 g/mol. The first-order chi connectivity index (χ1) is 12.3. The third-order valence-corrected chi connectivity index (χ3v) is 5.09. The van der Waals surface area contributed by atoms with E-state index in [1.54, 1.807) is 0 Å². The van der Waals surface area contributed by atoms with E-state index in [0.717, 1.165) is 64.2 Å². The fourth-order valence-electron chi connectivity index (χ4n) is 3.68. The van der Waals surface area contributed by atoms with Crippen molar-refractivity contribution in [3.63, 3.8) is 0 Å². The zero-order valence-electron chi connectivity index (χ0n) is 14.5. The van der Waals surface area contributed by atoms with E-state index in [1.165, 1.54) is 24.0 Å². The Bertz CT molecular complexity index is 746. The van der Waals surface area contributed by atoms with Gasteiger partial charge in [0.15, 0.2) is 0 Å². The molecule has 25 heavy (non-hydrogen) atoms.